The standard InChI is InChI=1S/C30H21Br2NO2/c31-27-15-7-9-17-29(27)34-25-19-24(20-26(21-25)35-30-18-10-8-16-28(30)32)33(22-11-3-1-4-12-22)23-13-5-2-6-14-23/h1-21H. The number of hydrogen-bond donors (Lipinski definition) is 0. The van der Waals surface area contributed by atoms with Gasteiger partial charge >= 0.3 is 0 Å². The van der Waals surface area contributed by atoms with Crippen LogP contribution in [0.1, 0.15) is 0 Å². The Labute approximate surface area is 221 Å². The van der Waals surface area contributed by atoms with E-state index in [0.717, 1.165) is 37.5 Å². The molecule has 5 heteroatoms. The van der Waals surface area contributed by atoms with E-state index in [1.165, 1.54) is 0 Å². The van der Waals surface area contributed by atoms with Crippen molar-refractivity contribution in [2.45, 2.75) is 0 Å². The predicted molar refractivity (Wildman–Crippen MR) is 150 cm³/mol. The third kappa shape index (κ3) is 5.59. The molecule has 0 unspecified atom stereocenters. The minimum Gasteiger partial charge on any atom is -0.456 e. The number of halogens is 2. The fraction of sp³-hybridized carbons (Fsp3) is 0. The van der Waals surface area contributed by atoms with Crippen molar-refractivity contribution in [3.8, 4) is 23.0 Å². The number of nitrogens with zero attached hydrogens (tertiary/aromatic N) is 1. The maximum Gasteiger partial charge on any atom is 0.141 e. The second-order valence-corrected chi connectivity index (χ2v) is 9.44. The average molecular weight is 587 g/mol. The maximum absolute atomic E-state index is 6.32. The van der Waals surface area contributed by atoms with Gasteiger partial charge in [-0.15, -0.1) is 0 Å². The van der Waals surface area contributed by atoms with Gasteiger partial charge in [-0.2, -0.15) is 0 Å². The largest absolute Gasteiger partial charge is 0.456 e. The first-order valence-corrected chi connectivity index (χ1v) is 12.7. The van der Waals surface area contributed by atoms with Crippen LogP contribution in [-0.2, 0) is 0 Å². The van der Waals surface area contributed by atoms with Crippen molar-refractivity contribution in [3.63, 3.8) is 0 Å². The highest BCUT2D eigenvalue weighted by atomic mass is 79.9. The monoisotopic (exact) mass is 585 g/mol. The Balaban J connectivity index is 1.64. The van der Waals surface area contributed by atoms with E-state index in [4.69, 9.17) is 9.47 Å². The number of para-hydroxylation sites is 4. The zero-order valence-electron chi connectivity index (χ0n) is 18.6. The van der Waals surface area contributed by atoms with E-state index in [2.05, 4.69) is 61.0 Å². The highest BCUT2D eigenvalue weighted by Gasteiger charge is 2.16. The minimum atomic E-state index is 0.660. The van der Waals surface area contributed by atoms with Crippen LogP contribution in [-0.4, -0.2) is 0 Å². The molecule has 0 atom stereocenters. The van der Waals surface area contributed by atoms with Crippen LogP contribution in [0.25, 0.3) is 0 Å². The van der Waals surface area contributed by atoms with Crippen molar-refractivity contribution in [1.29, 1.82) is 0 Å². The summed E-state index contributed by atoms with van der Waals surface area (Å²) in [7, 11) is 0. The topological polar surface area (TPSA) is 21.7 Å². The highest BCUT2D eigenvalue weighted by molar-refractivity contribution is 9.10. The van der Waals surface area contributed by atoms with Crippen molar-refractivity contribution in [3.05, 3.63) is 136 Å². The maximum atomic E-state index is 6.32. The second kappa shape index (κ2) is 10.8. The van der Waals surface area contributed by atoms with Gasteiger partial charge in [-0.25, -0.2) is 0 Å². The van der Waals surface area contributed by atoms with Crippen LogP contribution in [0.2, 0.25) is 0 Å². The summed E-state index contributed by atoms with van der Waals surface area (Å²) in [6, 6.07) is 42.0. The zero-order chi connectivity index (χ0) is 24.0. The Kier molecular flexibility index (Phi) is 7.17. The summed E-state index contributed by atoms with van der Waals surface area (Å²) in [6.45, 7) is 0. The number of hydrogen-bond acceptors (Lipinski definition) is 3. The summed E-state index contributed by atoms with van der Waals surface area (Å²) in [6.07, 6.45) is 0. The van der Waals surface area contributed by atoms with E-state index >= 15 is 0 Å². The molecule has 0 spiro atoms. The van der Waals surface area contributed by atoms with Gasteiger partial charge in [0.1, 0.15) is 23.0 Å². The summed E-state index contributed by atoms with van der Waals surface area (Å²) in [5.41, 5.74) is 2.97. The Hall–Kier alpha value is -3.54. The van der Waals surface area contributed by atoms with Crippen LogP contribution >= 0.6 is 31.9 Å². The van der Waals surface area contributed by atoms with Gasteiger partial charge in [0.15, 0.2) is 0 Å². The van der Waals surface area contributed by atoms with Crippen LogP contribution < -0.4 is 14.4 Å². The van der Waals surface area contributed by atoms with Crippen LogP contribution in [0.15, 0.2) is 136 Å². The number of benzene rings is 5. The summed E-state index contributed by atoms with van der Waals surface area (Å²) < 4.78 is 14.4. The molecular formula is C30H21Br2NO2. The van der Waals surface area contributed by atoms with Crippen molar-refractivity contribution >= 4 is 48.9 Å². The van der Waals surface area contributed by atoms with Gasteiger partial charge in [0.25, 0.3) is 0 Å². The Morgan fingerprint density at radius 2 is 0.829 bits per heavy atom. The molecule has 5 rings (SSSR count). The molecule has 0 fully saturated rings. The second-order valence-electron chi connectivity index (χ2n) is 7.73. The van der Waals surface area contributed by atoms with Gasteiger partial charge in [0.2, 0.25) is 0 Å². The quantitative estimate of drug-likeness (QED) is 0.189. The molecule has 5 aromatic rings. The third-order valence-electron chi connectivity index (χ3n) is 5.28. The Morgan fingerprint density at radius 3 is 1.26 bits per heavy atom. The fourth-order valence-corrected chi connectivity index (χ4v) is 4.45. The SMILES string of the molecule is Brc1ccccc1Oc1cc(Oc2ccccc2Br)cc(N(c2ccccc2)c2ccccc2)c1. The lowest BCUT2D eigenvalue weighted by Crippen LogP contribution is -2.10. The molecule has 3 nitrogen and oxygen atoms in total. The lowest BCUT2D eigenvalue weighted by atomic mass is 10.1. The molecule has 0 aliphatic heterocycles. The molecular weight excluding hydrogens is 566 g/mol. The molecule has 0 aliphatic carbocycles. The van der Waals surface area contributed by atoms with Gasteiger partial charge in [0, 0.05) is 29.6 Å². The highest BCUT2D eigenvalue weighted by Crippen LogP contribution is 2.41. The Bertz CT molecular complexity index is 1320. The minimum absolute atomic E-state index is 0.660. The predicted octanol–water partition coefficient (Wildman–Crippen LogP) is 10.3. The van der Waals surface area contributed by atoms with Gasteiger partial charge in [0.05, 0.1) is 14.6 Å². The Morgan fingerprint density at radius 1 is 0.429 bits per heavy atom. The first kappa shape index (κ1) is 23.2. The van der Waals surface area contributed by atoms with Crippen molar-refractivity contribution in [2.75, 3.05) is 4.90 Å². The fourth-order valence-electron chi connectivity index (χ4n) is 3.71. The van der Waals surface area contributed by atoms with Crippen molar-refractivity contribution in [2.24, 2.45) is 0 Å². The summed E-state index contributed by atoms with van der Waals surface area (Å²) in [5.74, 6) is 2.77. The first-order chi connectivity index (χ1) is 17.2. The van der Waals surface area contributed by atoms with Crippen LogP contribution in [0, 0.1) is 0 Å². The zero-order valence-corrected chi connectivity index (χ0v) is 21.8. The van der Waals surface area contributed by atoms with E-state index in [1.807, 2.05) is 103 Å². The lowest BCUT2D eigenvalue weighted by Gasteiger charge is -2.26. The van der Waals surface area contributed by atoms with Crippen LogP contribution in [0.3, 0.4) is 0 Å². The molecule has 0 radical (unpaired) electrons. The van der Waals surface area contributed by atoms with Crippen molar-refractivity contribution < 1.29 is 9.47 Å². The molecule has 35 heavy (non-hydrogen) atoms. The molecule has 0 bridgehead atoms. The van der Waals surface area contributed by atoms with E-state index in [1.54, 1.807) is 0 Å². The lowest BCUT2D eigenvalue weighted by molar-refractivity contribution is 0.458. The molecule has 0 aromatic heterocycles. The molecule has 0 N–H and O–H groups in total. The molecule has 0 saturated carbocycles. The first-order valence-electron chi connectivity index (χ1n) is 11.1. The van der Waals surface area contributed by atoms with Crippen LogP contribution in [0.5, 0.6) is 23.0 Å². The van der Waals surface area contributed by atoms with Crippen molar-refractivity contribution in [1.82, 2.24) is 0 Å². The molecule has 0 saturated heterocycles. The van der Waals surface area contributed by atoms with E-state index in [9.17, 15) is 0 Å². The van der Waals surface area contributed by atoms with E-state index in [-0.39, 0.29) is 0 Å². The van der Waals surface area contributed by atoms with Gasteiger partial charge in [-0.3, -0.25) is 0 Å². The summed E-state index contributed by atoms with van der Waals surface area (Å²) >= 11 is 7.17. The average Bonchev–Trinajstić information content (AvgIpc) is 2.88. The number of anilines is 3. The van der Waals surface area contributed by atoms with E-state index in [0.29, 0.717) is 11.5 Å². The van der Waals surface area contributed by atoms with Gasteiger partial charge < -0.3 is 14.4 Å². The van der Waals surface area contributed by atoms with Gasteiger partial charge in [-0.1, -0.05) is 60.7 Å². The molecule has 172 valence electrons. The normalized spacial score (nSPS) is 10.6. The smallest absolute Gasteiger partial charge is 0.141 e. The van der Waals surface area contributed by atoms with Crippen LogP contribution in [0.4, 0.5) is 17.1 Å². The molecule has 0 aliphatic rings. The molecule has 0 amide bonds. The molecule has 5 aromatic carbocycles. The summed E-state index contributed by atoms with van der Waals surface area (Å²) in [5, 5.41) is 0. The van der Waals surface area contributed by atoms with E-state index < -0.39 is 0 Å². The third-order valence-corrected chi connectivity index (χ3v) is 6.59. The molecule has 0 heterocycles. The van der Waals surface area contributed by atoms with Gasteiger partial charge in [-0.05, 0) is 80.4 Å². The number of rotatable bonds is 7. The number of ether oxygens (including phenoxy) is 2. The summed E-state index contributed by atoms with van der Waals surface area (Å²) in [4.78, 5) is 2.18.